The number of carbonyl (C=O) groups excluding carboxylic acids is 1. The highest BCUT2D eigenvalue weighted by molar-refractivity contribution is 8.00. The van der Waals surface area contributed by atoms with E-state index >= 15 is 0 Å². The van der Waals surface area contributed by atoms with Crippen molar-refractivity contribution >= 4 is 39.2 Å². The van der Waals surface area contributed by atoms with Crippen molar-refractivity contribution in [2.75, 3.05) is 12.3 Å². The molecule has 2 aromatic heterocycles. The molecule has 6 heteroatoms. The third-order valence-electron chi connectivity index (χ3n) is 5.69. The summed E-state index contributed by atoms with van der Waals surface area (Å²) in [5, 5.41) is 2.24. The first-order valence-corrected chi connectivity index (χ1v) is 11.5. The molecule has 0 aromatic carbocycles. The average molecular weight is 390 g/mol. The van der Waals surface area contributed by atoms with Crippen LogP contribution in [0.25, 0.3) is 10.2 Å². The number of aryl methyl sites for hydroxylation is 2. The van der Waals surface area contributed by atoms with Crippen molar-refractivity contribution < 1.29 is 4.79 Å². The van der Waals surface area contributed by atoms with Crippen molar-refractivity contribution in [2.45, 2.75) is 70.4 Å². The van der Waals surface area contributed by atoms with Crippen LogP contribution >= 0.6 is 23.1 Å². The summed E-state index contributed by atoms with van der Waals surface area (Å²) in [4.78, 5) is 26.8. The van der Waals surface area contributed by atoms with Gasteiger partial charge in [0.25, 0.3) is 0 Å². The number of thiophene rings is 1. The molecular weight excluding hydrogens is 362 g/mol. The number of hydrogen-bond acceptors (Lipinski definition) is 5. The molecule has 1 aliphatic heterocycles. The van der Waals surface area contributed by atoms with E-state index in [0.29, 0.717) is 11.8 Å². The second-order valence-corrected chi connectivity index (χ2v) is 9.88. The van der Waals surface area contributed by atoms with Gasteiger partial charge >= 0.3 is 0 Å². The zero-order chi connectivity index (χ0) is 18.3. The van der Waals surface area contributed by atoms with Gasteiger partial charge in [0.1, 0.15) is 15.7 Å². The van der Waals surface area contributed by atoms with Crippen molar-refractivity contribution in [3.8, 4) is 0 Å². The molecule has 4 rings (SSSR count). The van der Waals surface area contributed by atoms with Gasteiger partial charge in [-0.3, -0.25) is 4.79 Å². The minimum absolute atomic E-state index is 0.254. The van der Waals surface area contributed by atoms with Crippen LogP contribution in [0.3, 0.4) is 0 Å². The van der Waals surface area contributed by atoms with Gasteiger partial charge < -0.3 is 4.90 Å². The van der Waals surface area contributed by atoms with E-state index in [-0.39, 0.29) is 5.91 Å². The summed E-state index contributed by atoms with van der Waals surface area (Å²) in [6.45, 7) is 7.37. The van der Waals surface area contributed by atoms with E-state index in [1.54, 1.807) is 11.8 Å². The van der Waals surface area contributed by atoms with Gasteiger partial charge in [-0.05, 0) is 63.9 Å². The maximum atomic E-state index is 12.7. The molecule has 26 heavy (non-hydrogen) atoms. The van der Waals surface area contributed by atoms with Gasteiger partial charge in [0.15, 0.2) is 0 Å². The third kappa shape index (κ3) is 3.50. The summed E-state index contributed by atoms with van der Waals surface area (Å²) in [6, 6.07) is 0.374. The van der Waals surface area contributed by atoms with Gasteiger partial charge in [0, 0.05) is 22.8 Å². The molecule has 4 nitrogen and oxygen atoms in total. The summed E-state index contributed by atoms with van der Waals surface area (Å²) in [5.41, 5.74) is 1.45. The Morgan fingerprint density at radius 1 is 1.27 bits per heavy atom. The molecule has 3 heterocycles. The molecule has 0 N–H and O–H groups in total. The summed E-state index contributed by atoms with van der Waals surface area (Å²) in [7, 11) is 0. The van der Waals surface area contributed by atoms with Crippen LogP contribution in [0.15, 0.2) is 5.03 Å². The fraction of sp³-hybridized carbons (Fsp3) is 0.650. The lowest BCUT2D eigenvalue weighted by molar-refractivity contribution is -0.131. The molecule has 2 aromatic rings. The van der Waals surface area contributed by atoms with Crippen LogP contribution in [0.5, 0.6) is 0 Å². The number of thioether (sulfide) groups is 1. The van der Waals surface area contributed by atoms with E-state index in [4.69, 9.17) is 9.97 Å². The summed E-state index contributed by atoms with van der Waals surface area (Å²) in [6.07, 6.45) is 7.01. The predicted octanol–water partition coefficient (Wildman–Crippen LogP) is 4.62. The van der Waals surface area contributed by atoms with Crippen molar-refractivity contribution in [3.05, 3.63) is 16.3 Å². The highest BCUT2D eigenvalue weighted by atomic mass is 32.2. The number of fused-ring (bicyclic) bond motifs is 3. The second-order valence-electron chi connectivity index (χ2n) is 7.83. The first-order chi connectivity index (χ1) is 12.5. The highest BCUT2D eigenvalue weighted by Gasteiger charge is 2.26. The van der Waals surface area contributed by atoms with Crippen LogP contribution < -0.4 is 0 Å². The Kier molecular flexibility index (Phi) is 5.24. The van der Waals surface area contributed by atoms with Crippen LogP contribution in [-0.2, 0) is 17.6 Å². The predicted molar refractivity (Wildman–Crippen MR) is 109 cm³/mol. The Balaban J connectivity index is 1.59. The summed E-state index contributed by atoms with van der Waals surface area (Å²) < 4.78 is 0. The van der Waals surface area contributed by atoms with Gasteiger partial charge in [-0.15, -0.1) is 11.3 Å². The molecule has 1 aliphatic carbocycles. The molecule has 2 atom stereocenters. The van der Waals surface area contributed by atoms with Crippen molar-refractivity contribution in [1.29, 1.82) is 0 Å². The van der Waals surface area contributed by atoms with Crippen LogP contribution in [0.4, 0.5) is 0 Å². The van der Waals surface area contributed by atoms with Crippen molar-refractivity contribution in [2.24, 2.45) is 5.92 Å². The van der Waals surface area contributed by atoms with E-state index in [1.165, 1.54) is 28.7 Å². The smallest absolute Gasteiger partial charge is 0.233 e. The standard InChI is InChI=1S/C20H27N3OS2/c1-12-7-8-15-16(10-12)26-20-18(15)19(21-14(3)22-20)25-11-17(24)23-9-5-4-6-13(23)2/h12-13H,4-11H2,1-3H3/t12-,13+/m1/s1. The fourth-order valence-corrected chi connectivity index (χ4v) is 6.68. The van der Waals surface area contributed by atoms with Crippen molar-refractivity contribution in [1.82, 2.24) is 14.9 Å². The molecule has 2 aliphatic rings. The number of hydrogen-bond donors (Lipinski definition) is 0. The van der Waals surface area contributed by atoms with Gasteiger partial charge in [-0.25, -0.2) is 9.97 Å². The Morgan fingerprint density at radius 2 is 2.12 bits per heavy atom. The van der Waals surface area contributed by atoms with Crippen LogP contribution in [0, 0.1) is 12.8 Å². The fourth-order valence-electron chi connectivity index (χ4n) is 4.20. The molecule has 140 valence electrons. The largest absolute Gasteiger partial charge is 0.339 e. The second kappa shape index (κ2) is 7.47. The minimum Gasteiger partial charge on any atom is -0.339 e. The SMILES string of the molecule is Cc1nc(SCC(=O)N2CCCC[C@@H]2C)c2c3c(sc2n1)C[C@H](C)CC3. The Morgan fingerprint density at radius 3 is 2.92 bits per heavy atom. The third-order valence-corrected chi connectivity index (χ3v) is 7.80. The Bertz CT molecular complexity index is 832. The molecular formula is C20H27N3OS2. The van der Waals surface area contributed by atoms with Crippen LogP contribution in [0.2, 0.25) is 0 Å². The van der Waals surface area contributed by atoms with E-state index < -0.39 is 0 Å². The zero-order valence-electron chi connectivity index (χ0n) is 15.9. The lowest BCUT2D eigenvalue weighted by Gasteiger charge is -2.33. The van der Waals surface area contributed by atoms with Gasteiger partial charge in [-0.2, -0.15) is 0 Å². The number of piperidine rings is 1. The lowest BCUT2D eigenvalue weighted by Crippen LogP contribution is -2.42. The highest BCUT2D eigenvalue weighted by Crippen LogP contribution is 2.41. The topological polar surface area (TPSA) is 46.1 Å². The van der Waals surface area contributed by atoms with Crippen molar-refractivity contribution in [3.63, 3.8) is 0 Å². The number of amides is 1. The normalized spacial score (nSPS) is 23.3. The van der Waals surface area contributed by atoms with E-state index in [9.17, 15) is 4.79 Å². The number of rotatable bonds is 3. The monoisotopic (exact) mass is 389 g/mol. The Hall–Kier alpha value is -1.14. The molecule has 0 bridgehead atoms. The summed E-state index contributed by atoms with van der Waals surface area (Å²) >= 11 is 3.45. The molecule has 0 radical (unpaired) electrons. The van der Waals surface area contributed by atoms with Crippen LogP contribution in [-0.4, -0.2) is 39.1 Å². The number of nitrogens with zero attached hydrogens (tertiary/aromatic N) is 3. The molecule has 0 saturated carbocycles. The minimum atomic E-state index is 0.254. The number of aromatic nitrogens is 2. The Labute approximate surface area is 163 Å². The molecule has 1 fully saturated rings. The first-order valence-electron chi connectivity index (χ1n) is 9.74. The first kappa shape index (κ1) is 18.2. The summed E-state index contributed by atoms with van der Waals surface area (Å²) in [5.74, 6) is 2.30. The van der Waals surface area contributed by atoms with Gasteiger partial charge in [0.05, 0.1) is 5.75 Å². The molecule has 1 amide bonds. The van der Waals surface area contributed by atoms with Gasteiger partial charge in [-0.1, -0.05) is 18.7 Å². The lowest BCUT2D eigenvalue weighted by atomic mass is 9.89. The van der Waals surface area contributed by atoms with Crippen LogP contribution in [0.1, 0.15) is 55.8 Å². The average Bonchev–Trinajstić information content (AvgIpc) is 2.96. The molecule has 0 spiro atoms. The molecule has 1 saturated heterocycles. The molecule has 0 unspecified atom stereocenters. The van der Waals surface area contributed by atoms with E-state index in [2.05, 4.69) is 18.7 Å². The number of carbonyl (C=O) groups is 1. The zero-order valence-corrected chi connectivity index (χ0v) is 17.5. The van der Waals surface area contributed by atoms with Gasteiger partial charge in [0.2, 0.25) is 5.91 Å². The number of likely N-dealkylation sites (tertiary alicyclic amines) is 1. The maximum Gasteiger partial charge on any atom is 0.233 e. The quantitative estimate of drug-likeness (QED) is 0.568. The maximum absolute atomic E-state index is 12.7. The van der Waals surface area contributed by atoms with E-state index in [1.807, 2.05) is 18.3 Å². The van der Waals surface area contributed by atoms with E-state index in [0.717, 1.165) is 53.8 Å².